The molecular formula is C28H37N5O3S. The van der Waals surface area contributed by atoms with Crippen LogP contribution in [0.1, 0.15) is 42.0 Å². The normalized spacial score (nSPS) is 15.1. The number of nitrogens with one attached hydrogen (secondary N) is 1. The van der Waals surface area contributed by atoms with Crippen LogP contribution >= 0.6 is 0 Å². The zero-order valence-electron chi connectivity index (χ0n) is 22.4. The summed E-state index contributed by atoms with van der Waals surface area (Å²) in [5.74, 6) is 1.16. The van der Waals surface area contributed by atoms with Crippen LogP contribution < -0.4 is 15.0 Å². The Labute approximate surface area is 222 Å². The summed E-state index contributed by atoms with van der Waals surface area (Å²) in [6.07, 6.45) is 6.41. The van der Waals surface area contributed by atoms with E-state index in [1.807, 2.05) is 56.1 Å². The van der Waals surface area contributed by atoms with Crippen LogP contribution in [-0.4, -0.2) is 57.8 Å². The number of piperidine rings is 1. The van der Waals surface area contributed by atoms with Gasteiger partial charge in [-0.2, -0.15) is 0 Å². The highest BCUT2D eigenvalue weighted by Crippen LogP contribution is 2.30. The van der Waals surface area contributed by atoms with E-state index in [0.29, 0.717) is 12.5 Å². The molecule has 8 nitrogen and oxygen atoms in total. The van der Waals surface area contributed by atoms with E-state index in [0.717, 1.165) is 59.1 Å². The minimum absolute atomic E-state index is 0.101. The predicted molar refractivity (Wildman–Crippen MR) is 149 cm³/mol. The molecule has 1 atom stereocenters. The maximum Gasteiger partial charge on any atom is 0.225 e. The fraction of sp³-hybridized carbons (Fsp3) is 0.429. The lowest BCUT2D eigenvalue weighted by atomic mass is 9.94. The van der Waals surface area contributed by atoms with Crippen molar-refractivity contribution in [1.82, 2.24) is 13.9 Å². The molecule has 1 unspecified atom stereocenters. The van der Waals surface area contributed by atoms with Crippen molar-refractivity contribution in [2.24, 2.45) is 7.05 Å². The Bertz CT molecular complexity index is 1230. The SMILES string of the molecule is COc1cc(C)c(S(=O)N(C)CCC(=O)Nc2ccc(N3CCC(c4cn(C)cn4)CC3)cc2)c(C)c1. The molecule has 2 aromatic carbocycles. The molecule has 0 bridgehead atoms. The van der Waals surface area contributed by atoms with E-state index in [1.165, 1.54) is 5.69 Å². The number of nitrogens with zero attached hydrogens (tertiary/aromatic N) is 4. The second-order valence-electron chi connectivity index (χ2n) is 9.76. The number of anilines is 2. The second-order valence-corrected chi connectivity index (χ2v) is 11.3. The molecule has 0 radical (unpaired) electrons. The maximum absolute atomic E-state index is 13.1. The highest BCUT2D eigenvalue weighted by atomic mass is 32.2. The van der Waals surface area contributed by atoms with Crippen LogP contribution in [0.15, 0.2) is 53.8 Å². The van der Waals surface area contributed by atoms with Crippen LogP contribution in [0.4, 0.5) is 11.4 Å². The molecule has 1 aliphatic rings. The molecule has 1 aliphatic heterocycles. The van der Waals surface area contributed by atoms with Gasteiger partial charge in [0.25, 0.3) is 0 Å². The zero-order chi connectivity index (χ0) is 26.5. The van der Waals surface area contributed by atoms with Gasteiger partial charge in [-0.3, -0.25) is 4.79 Å². The Morgan fingerprint density at radius 3 is 2.38 bits per heavy atom. The average molecular weight is 524 g/mol. The summed E-state index contributed by atoms with van der Waals surface area (Å²) in [4.78, 5) is 20.3. The Hall–Kier alpha value is -3.17. The number of hydrogen-bond acceptors (Lipinski definition) is 5. The first-order valence-electron chi connectivity index (χ1n) is 12.7. The second kappa shape index (κ2) is 11.9. The van der Waals surface area contributed by atoms with Crippen molar-refractivity contribution < 1.29 is 13.7 Å². The van der Waals surface area contributed by atoms with Crippen molar-refractivity contribution in [3.63, 3.8) is 0 Å². The number of hydrogen-bond donors (Lipinski definition) is 1. The summed E-state index contributed by atoms with van der Waals surface area (Å²) in [7, 11) is 4.05. The number of carbonyl (C=O) groups excluding carboxylic acids is 1. The van der Waals surface area contributed by atoms with Gasteiger partial charge < -0.3 is 19.5 Å². The minimum Gasteiger partial charge on any atom is -0.497 e. The van der Waals surface area contributed by atoms with Crippen molar-refractivity contribution in [1.29, 1.82) is 0 Å². The molecule has 1 N–H and O–H groups in total. The van der Waals surface area contributed by atoms with E-state index in [-0.39, 0.29) is 12.3 Å². The molecule has 2 heterocycles. The van der Waals surface area contributed by atoms with Gasteiger partial charge in [-0.05, 0) is 74.2 Å². The number of rotatable bonds is 9. The number of carbonyl (C=O) groups is 1. The molecule has 37 heavy (non-hydrogen) atoms. The van der Waals surface area contributed by atoms with E-state index in [1.54, 1.807) is 18.5 Å². The van der Waals surface area contributed by atoms with Gasteiger partial charge in [-0.15, -0.1) is 0 Å². The summed E-state index contributed by atoms with van der Waals surface area (Å²) in [6, 6.07) is 11.8. The summed E-state index contributed by atoms with van der Waals surface area (Å²) < 4.78 is 22.1. The molecule has 1 amide bonds. The fourth-order valence-corrected chi connectivity index (χ4v) is 6.10. The summed E-state index contributed by atoms with van der Waals surface area (Å²) in [5, 5.41) is 2.96. The quantitative estimate of drug-likeness (QED) is 0.449. The smallest absolute Gasteiger partial charge is 0.225 e. The summed E-state index contributed by atoms with van der Waals surface area (Å²) in [6.45, 7) is 6.21. The first kappa shape index (κ1) is 26.9. The third kappa shape index (κ3) is 6.59. The Morgan fingerprint density at radius 1 is 1.16 bits per heavy atom. The zero-order valence-corrected chi connectivity index (χ0v) is 23.2. The highest BCUT2D eigenvalue weighted by Gasteiger charge is 2.22. The van der Waals surface area contributed by atoms with Gasteiger partial charge in [-0.1, -0.05) is 0 Å². The maximum atomic E-state index is 13.1. The lowest BCUT2D eigenvalue weighted by Gasteiger charge is -2.33. The molecule has 1 fully saturated rings. The number of benzene rings is 2. The van der Waals surface area contributed by atoms with E-state index < -0.39 is 11.0 Å². The number of aryl methyl sites for hydroxylation is 3. The molecule has 198 valence electrons. The molecule has 3 aromatic rings. The molecular weight excluding hydrogens is 486 g/mol. The number of aromatic nitrogens is 2. The van der Waals surface area contributed by atoms with E-state index >= 15 is 0 Å². The predicted octanol–water partition coefficient (Wildman–Crippen LogP) is 4.41. The molecule has 0 saturated carbocycles. The first-order valence-corrected chi connectivity index (χ1v) is 13.8. The van der Waals surface area contributed by atoms with Gasteiger partial charge in [0, 0.05) is 63.6 Å². The summed E-state index contributed by atoms with van der Waals surface area (Å²) in [5.41, 5.74) is 4.93. The lowest BCUT2D eigenvalue weighted by molar-refractivity contribution is -0.116. The first-order chi connectivity index (χ1) is 17.7. The van der Waals surface area contributed by atoms with Crippen LogP contribution in [0.25, 0.3) is 0 Å². The van der Waals surface area contributed by atoms with E-state index in [9.17, 15) is 9.00 Å². The van der Waals surface area contributed by atoms with Gasteiger partial charge in [0.1, 0.15) is 16.7 Å². The molecule has 1 aromatic heterocycles. The van der Waals surface area contributed by atoms with Crippen LogP contribution in [0.3, 0.4) is 0 Å². The molecule has 0 spiro atoms. The van der Waals surface area contributed by atoms with Crippen LogP contribution in [0.5, 0.6) is 5.75 Å². The van der Waals surface area contributed by atoms with Crippen LogP contribution in [0, 0.1) is 13.8 Å². The number of imidazole rings is 1. The Kier molecular flexibility index (Phi) is 8.66. The third-order valence-corrected chi connectivity index (χ3v) is 8.68. The van der Waals surface area contributed by atoms with Crippen molar-refractivity contribution >= 4 is 28.3 Å². The topological polar surface area (TPSA) is 79.7 Å². The van der Waals surface area contributed by atoms with Gasteiger partial charge in [0.2, 0.25) is 5.91 Å². The van der Waals surface area contributed by atoms with Gasteiger partial charge in [0.05, 0.1) is 24.0 Å². The minimum atomic E-state index is -1.36. The third-order valence-electron chi connectivity index (χ3n) is 6.94. The van der Waals surface area contributed by atoms with Crippen molar-refractivity contribution in [3.8, 4) is 5.75 Å². The lowest BCUT2D eigenvalue weighted by Crippen LogP contribution is -2.32. The van der Waals surface area contributed by atoms with Crippen molar-refractivity contribution in [2.45, 2.75) is 43.9 Å². The van der Waals surface area contributed by atoms with Gasteiger partial charge >= 0.3 is 0 Å². The molecule has 4 rings (SSSR count). The van der Waals surface area contributed by atoms with Crippen LogP contribution in [0.2, 0.25) is 0 Å². The molecule has 0 aliphatic carbocycles. The number of methoxy groups -OCH3 is 1. The molecule has 1 saturated heterocycles. The Balaban J connectivity index is 1.25. The standard InChI is InChI=1S/C28H37N5O3S/c1-20-16-25(36-5)17-21(2)28(20)37(35)32(4)13-12-27(34)30-23-6-8-24(9-7-23)33-14-10-22(11-15-33)26-18-31(3)19-29-26/h6-9,16-19,22H,10-15H2,1-5H3,(H,30,34). The Morgan fingerprint density at radius 2 is 1.81 bits per heavy atom. The van der Waals surface area contributed by atoms with E-state index in [2.05, 4.69) is 33.5 Å². The van der Waals surface area contributed by atoms with E-state index in [4.69, 9.17) is 4.74 Å². The highest BCUT2D eigenvalue weighted by molar-refractivity contribution is 7.82. The largest absolute Gasteiger partial charge is 0.497 e. The number of ether oxygens (including phenoxy) is 1. The average Bonchev–Trinajstić information content (AvgIpc) is 3.33. The fourth-order valence-electron chi connectivity index (χ4n) is 4.86. The van der Waals surface area contributed by atoms with Crippen LogP contribution in [-0.2, 0) is 22.8 Å². The summed E-state index contributed by atoms with van der Waals surface area (Å²) >= 11 is 0. The van der Waals surface area contributed by atoms with Gasteiger partial charge in [0.15, 0.2) is 0 Å². The monoisotopic (exact) mass is 523 g/mol. The van der Waals surface area contributed by atoms with Crippen molar-refractivity contribution in [3.05, 3.63) is 65.7 Å². The van der Waals surface area contributed by atoms with Crippen molar-refractivity contribution in [2.75, 3.05) is 44.0 Å². The van der Waals surface area contributed by atoms with Gasteiger partial charge in [-0.25, -0.2) is 13.5 Å². The number of amides is 1. The molecule has 9 heteroatoms.